The molecule has 116 heavy (non-hydrogen) atoms. The van der Waals surface area contributed by atoms with Crippen molar-refractivity contribution in [2.45, 2.75) is 349 Å². The first-order valence-corrected chi connectivity index (χ1v) is 42.1. The number of nitrogens with zero attached hydrogens (tertiary/aromatic N) is 5. The molecular weight excluding hydrogens is 1490 g/mol. The van der Waals surface area contributed by atoms with Gasteiger partial charge in [0.25, 0.3) is 0 Å². The third-order valence-corrected chi connectivity index (χ3v) is 22.6. The Morgan fingerprint density at radius 3 is 1.34 bits per heavy atom. The Bertz CT molecular complexity index is 3560. The first-order valence-electron chi connectivity index (χ1n) is 42.1. The standard InChI is InChI=1S/C82H142N18O16/c1-23-82(22,93-68(109)59-34-26-29-43-100(59)74(115)80(18,19)92-66(107)57-32-24-27-41-98(57)53(9)101)73(114)95-78(14,15)71(112)88-55(45-50(4)5)64(105)83-37-36-60(102)84-47-61(103)89-79(16,17)72(113)94-81(20,21)75(116)99-42-28-25-33-58(99)67(108)91-76(10,11)69(110)85-52(8)63(104)87-56(46-51(6)7)65(106)90-77(12,13)70(111)86-54(44-49(2)3)48-97-40-31-39-96-38-30-35-62(96)97/h49-52,54-59,62H,23-48H2,1-22H3,(H,83,105)(H,84,102)(H,85,110)(H,86,111)(H,87,104)(H,88,112)(H,89,103)(H,90,106)(H,91,108)(H,92,107)(H,93,109)(H,94,113)(H,95,114)/t52-,54-,55-,56-,57-,58-,59-,62?,82-/m0/s1. The Kier molecular flexibility index (Phi) is 35.2. The fourth-order valence-corrected chi connectivity index (χ4v) is 15.5. The molecule has 5 aliphatic rings. The Labute approximate surface area is 687 Å². The van der Waals surface area contributed by atoms with Gasteiger partial charge >= 0.3 is 0 Å². The summed E-state index contributed by atoms with van der Waals surface area (Å²) >= 11 is 0. The van der Waals surface area contributed by atoms with E-state index in [4.69, 9.17) is 0 Å². The van der Waals surface area contributed by atoms with Crippen molar-refractivity contribution in [2.24, 2.45) is 17.8 Å². The summed E-state index contributed by atoms with van der Waals surface area (Å²) in [4.78, 5) is 231. The monoisotopic (exact) mass is 1640 g/mol. The lowest BCUT2D eigenvalue weighted by Crippen LogP contribution is -2.67. The first-order chi connectivity index (χ1) is 53.7. The van der Waals surface area contributed by atoms with Crippen LogP contribution >= 0.6 is 0 Å². The lowest BCUT2D eigenvalue weighted by atomic mass is 9.91. The molecule has 0 spiro atoms. The number of amides is 16. The molecule has 34 heteroatoms. The van der Waals surface area contributed by atoms with Crippen LogP contribution in [0.2, 0.25) is 0 Å². The summed E-state index contributed by atoms with van der Waals surface area (Å²) in [7, 11) is 0. The van der Waals surface area contributed by atoms with Gasteiger partial charge in [0.2, 0.25) is 94.5 Å². The highest BCUT2D eigenvalue weighted by Crippen LogP contribution is 2.29. The fourth-order valence-electron chi connectivity index (χ4n) is 15.5. The molecule has 0 saturated carbocycles. The maximum absolute atomic E-state index is 14.5. The zero-order valence-electron chi connectivity index (χ0n) is 73.5. The van der Waals surface area contributed by atoms with Crippen molar-refractivity contribution >= 4 is 94.5 Å². The van der Waals surface area contributed by atoms with Crippen LogP contribution in [0.4, 0.5) is 0 Å². The van der Waals surface area contributed by atoms with Crippen LogP contribution in [0, 0.1) is 17.8 Å². The predicted octanol–water partition coefficient (Wildman–Crippen LogP) is 1.65. The SMILES string of the molecule is CC[C@](C)(NC(=O)[C@@H]1CCCCN1C(=O)C(C)(C)NC(=O)[C@@H]1CCCCN1C(C)=O)C(=O)NC(C)(C)C(=O)N[C@@H](CC(C)C)C(=O)NCCC(=O)NCC(=O)NC(C)(C)C(=O)NC(C)(C)C(=O)N1CCCC[C@H]1C(=O)NC(C)(C)C(=O)N[C@@H](C)C(=O)N[C@@H](CC(C)C)C(=O)NC(C)(C)C(=O)N[C@@H](CC(C)C)CN1CCCN2CCCC21. The Morgan fingerprint density at radius 2 is 0.819 bits per heavy atom. The minimum absolute atomic E-state index is 0.0649. The third-order valence-electron chi connectivity index (χ3n) is 22.6. The van der Waals surface area contributed by atoms with Crippen molar-refractivity contribution in [3.8, 4) is 0 Å². The molecule has 5 rings (SSSR count). The van der Waals surface area contributed by atoms with Crippen LogP contribution in [0.3, 0.4) is 0 Å². The van der Waals surface area contributed by atoms with Crippen molar-refractivity contribution in [2.75, 3.05) is 58.9 Å². The summed E-state index contributed by atoms with van der Waals surface area (Å²) in [5.74, 6) is -9.72. The Balaban J connectivity index is 1.08. The topological polar surface area (TPSA) is 446 Å². The second-order valence-electron chi connectivity index (χ2n) is 37.3. The average molecular weight is 1640 g/mol. The molecule has 0 radical (unpaired) electrons. The van der Waals surface area contributed by atoms with Gasteiger partial charge in [0.05, 0.1) is 12.7 Å². The van der Waals surface area contributed by atoms with Gasteiger partial charge in [-0.05, 0) is 224 Å². The number of nitrogens with one attached hydrogen (secondary N) is 13. The molecule has 9 atom stereocenters. The highest BCUT2D eigenvalue weighted by Gasteiger charge is 2.49. The highest BCUT2D eigenvalue weighted by molar-refractivity contribution is 6.03. The maximum Gasteiger partial charge on any atom is 0.248 e. The fraction of sp³-hybridized carbons (Fsp3) is 0.805. The molecule has 13 N–H and O–H groups in total. The minimum Gasteiger partial charge on any atom is -0.354 e. The van der Waals surface area contributed by atoms with Gasteiger partial charge in [0.15, 0.2) is 0 Å². The number of hydrogen-bond donors (Lipinski definition) is 13. The van der Waals surface area contributed by atoms with Gasteiger partial charge in [-0.25, -0.2) is 0 Å². The van der Waals surface area contributed by atoms with E-state index in [0.717, 1.165) is 58.2 Å². The molecular formula is C82H142N18O16. The van der Waals surface area contributed by atoms with Gasteiger partial charge in [-0.2, -0.15) is 0 Å². The van der Waals surface area contributed by atoms with Crippen LogP contribution in [0.5, 0.6) is 0 Å². The van der Waals surface area contributed by atoms with Gasteiger partial charge in [0.1, 0.15) is 75.0 Å². The lowest BCUT2D eigenvalue weighted by molar-refractivity contribution is -0.151. The normalized spacial score (nSPS) is 20.2. The lowest BCUT2D eigenvalue weighted by Gasteiger charge is -2.42. The van der Waals surface area contributed by atoms with Crippen LogP contribution < -0.4 is 69.1 Å². The smallest absolute Gasteiger partial charge is 0.248 e. The van der Waals surface area contributed by atoms with Crippen molar-refractivity contribution < 1.29 is 76.7 Å². The largest absolute Gasteiger partial charge is 0.354 e. The Morgan fingerprint density at radius 1 is 0.379 bits per heavy atom. The van der Waals surface area contributed by atoms with Gasteiger partial charge in [-0.15, -0.1) is 0 Å². The molecule has 16 amide bonds. The highest BCUT2D eigenvalue weighted by atomic mass is 16.2. The maximum atomic E-state index is 14.5. The van der Waals surface area contributed by atoms with Crippen LogP contribution in [0.1, 0.15) is 261 Å². The summed E-state index contributed by atoms with van der Waals surface area (Å²) in [5, 5.41) is 35.7. The van der Waals surface area contributed by atoms with E-state index in [9.17, 15) is 76.7 Å². The summed E-state index contributed by atoms with van der Waals surface area (Å²) < 4.78 is 0. The van der Waals surface area contributed by atoms with E-state index < -0.39 is 164 Å². The van der Waals surface area contributed by atoms with E-state index in [1.807, 2.05) is 27.7 Å². The van der Waals surface area contributed by atoms with E-state index in [-0.39, 0.29) is 87.9 Å². The van der Waals surface area contributed by atoms with Crippen LogP contribution in [0.15, 0.2) is 0 Å². The molecule has 5 saturated heterocycles. The summed E-state index contributed by atoms with van der Waals surface area (Å²) in [6.45, 7) is 39.1. The molecule has 1 unspecified atom stereocenters. The van der Waals surface area contributed by atoms with E-state index in [0.29, 0.717) is 57.3 Å². The zero-order chi connectivity index (χ0) is 87.6. The van der Waals surface area contributed by atoms with Crippen LogP contribution in [-0.2, 0) is 76.7 Å². The van der Waals surface area contributed by atoms with Gasteiger partial charge in [-0.1, -0.05) is 48.5 Å². The Hall–Kier alpha value is -8.56. The molecule has 5 aliphatic heterocycles. The number of fused-ring (bicyclic) bond motifs is 1. The average Bonchev–Trinajstić information content (AvgIpc) is 1.00. The molecule has 34 nitrogen and oxygen atoms in total. The molecule has 0 aliphatic carbocycles. The van der Waals surface area contributed by atoms with Gasteiger partial charge in [0, 0.05) is 65.2 Å². The molecule has 0 aromatic heterocycles. The second kappa shape index (κ2) is 41.7. The first kappa shape index (κ1) is 98.0. The van der Waals surface area contributed by atoms with E-state index >= 15 is 0 Å². The molecule has 0 aromatic rings. The number of likely N-dealkylation sites (tertiary alicyclic amines) is 3. The molecule has 5 fully saturated rings. The quantitative estimate of drug-likeness (QED) is 0.0418. The predicted molar refractivity (Wildman–Crippen MR) is 437 cm³/mol. The van der Waals surface area contributed by atoms with Crippen LogP contribution in [-0.4, -0.2) is 265 Å². The van der Waals surface area contributed by atoms with Crippen molar-refractivity contribution in [3.63, 3.8) is 0 Å². The van der Waals surface area contributed by atoms with Gasteiger partial charge < -0.3 is 83.8 Å². The number of carbonyl (C=O) groups excluding carboxylic acids is 16. The summed E-state index contributed by atoms with van der Waals surface area (Å²) in [6, 6.07) is -6.40. The van der Waals surface area contributed by atoms with Crippen molar-refractivity contribution in [3.05, 3.63) is 0 Å². The molecule has 5 heterocycles. The minimum atomic E-state index is -1.67. The number of carbonyl (C=O) groups is 16. The summed E-state index contributed by atoms with van der Waals surface area (Å²) in [5.41, 5.74) is -11.1. The van der Waals surface area contributed by atoms with E-state index in [1.165, 1.54) is 90.9 Å². The molecule has 656 valence electrons. The number of rotatable bonds is 38. The third kappa shape index (κ3) is 27.8. The second-order valence-corrected chi connectivity index (χ2v) is 37.3. The van der Waals surface area contributed by atoms with Crippen molar-refractivity contribution in [1.29, 1.82) is 0 Å². The van der Waals surface area contributed by atoms with Gasteiger partial charge in [-0.3, -0.25) is 86.5 Å². The summed E-state index contributed by atoms with van der Waals surface area (Å²) in [6.07, 6.45) is 9.22. The van der Waals surface area contributed by atoms with Crippen molar-refractivity contribution in [1.82, 2.24) is 93.6 Å². The van der Waals surface area contributed by atoms with Crippen LogP contribution in [0.25, 0.3) is 0 Å². The molecule has 0 aromatic carbocycles. The van der Waals surface area contributed by atoms with E-state index in [2.05, 4.69) is 92.8 Å². The zero-order valence-corrected chi connectivity index (χ0v) is 73.5. The molecule has 0 bridgehead atoms. The van der Waals surface area contributed by atoms with E-state index in [1.54, 1.807) is 34.6 Å². The number of hydrogen-bond acceptors (Lipinski definition) is 18. The number of piperidine rings is 3.